The first-order valence-electron chi connectivity index (χ1n) is 4.06. The number of rotatable bonds is 6. The fraction of sp³-hybridized carbons (Fsp3) is 0.778. The summed E-state index contributed by atoms with van der Waals surface area (Å²) < 4.78 is 10.6. The zero-order valence-electron chi connectivity index (χ0n) is 7.72. The summed E-state index contributed by atoms with van der Waals surface area (Å²) in [5.74, 6) is 0. The van der Waals surface area contributed by atoms with Gasteiger partial charge in [0.1, 0.15) is 0 Å². The van der Waals surface area contributed by atoms with Crippen molar-refractivity contribution in [3.63, 3.8) is 0 Å². The first kappa shape index (κ1) is 10.9. The third-order valence-corrected chi connectivity index (χ3v) is 1.10. The first-order chi connectivity index (χ1) is 5.16. The molecule has 0 fully saturated rings. The second-order valence-corrected chi connectivity index (χ2v) is 2.71. The summed E-state index contributed by atoms with van der Waals surface area (Å²) >= 11 is 0. The van der Waals surface area contributed by atoms with Crippen molar-refractivity contribution in [1.29, 1.82) is 0 Å². The zero-order valence-corrected chi connectivity index (χ0v) is 7.72. The predicted octanol–water partition coefficient (Wildman–Crippen LogP) is 2.20. The van der Waals surface area contributed by atoms with Crippen LogP contribution in [0.15, 0.2) is 0 Å². The van der Waals surface area contributed by atoms with E-state index in [0.717, 1.165) is 19.1 Å². The van der Waals surface area contributed by atoms with E-state index in [1.807, 2.05) is 13.8 Å². The molecule has 0 aliphatic carbocycles. The zero-order chi connectivity index (χ0) is 8.69. The largest absolute Gasteiger partial charge is 0.379 e. The minimum Gasteiger partial charge on any atom is -0.379 e. The topological polar surface area (TPSA) is 18.5 Å². The maximum Gasteiger partial charge on any atom is 0.0946 e. The number of hydrogen-bond donors (Lipinski definition) is 0. The fourth-order valence-corrected chi connectivity index (χ4v) is 0.771. The highest BCUT2D eigenvalue weighted by Gasteiger charge is 2.04. The van der Waals surface area contributed by atoms with Crippen molar-refractivity contribution in [2.75, 3.05) is 13.2 Å². The van der Waals surface area contributed by atoms with Crippen molar-refractivity contribution in [3.8, 4) is 0 Å². The second-order valence-electron chi connectivity index (χ2n) is 2.71. The monoisotopic (exact) mass is 158 g/mol. The third kappa shape index (κ3) is 7.82. The van der Waals surface area contributed by atoms with Crippen LogP contribution in [0.4, 0.5) is 0 Å². The Kier molecular flexibility index (Phi) is 6.57. The molecule has 0 aromatic heterocycles. The van der Waals surface area contributed by atoms with E-state index in [1.165, 1.54) is 0 Å². The van der Waals surface area contributed by atoms with Crippen LogP contribution < -0.4 is 0 Å². The number of hydrogen-bond acceptors (Lipinski definition) is 2. The first-order valence-corrected chi connectivity index (χ1v) is 4.06. The Morgan fingerprint density at radius 1 is 1.55 bits per heavy atom. The molecule has 0 N–H and O–H groups in total. The Labute approximate surface area is 69.9 Å². The van der Waals surface area contributed by atoms with E-state index in [4.69, 9.17) is 9.47 Å². The van der Waals surface area contributed by atoms with Gasteiger partial charge in [0.05, 0.1) is 18.8 Å². The average Bonchev–Trinajstić information content (AvgIpc) is 1.86. The average molecular weight is 158 g/mol. The molecule has 2 heteroatoms. The quantitative estimate of drug-likeness (QED) is 0.552. The molecule has 0 saturated carbocycles. The molecule has 0 aromatic rings. The van der Waals surface area contributed by atoms with Crippen LogP contribution in [0, 0.1) is 13.0 Å². The Hall–Kier alpha value is -0.0800. The minimum atomic E-state index is 0.124. The molecule has 0 aromatic carbocycles. The Morgan fingerprint density at radius 2 is 2.18 bits per heavy atom. The van der Waals surface area contributed by atoms with Gasteiger partial charge in [0, 0.05) is 6.61 Å². The Bertz CT molecular complexity index is 81.6. The molecule has 1 unspecified atom stereocenters. The minimum absolute atomic E-state index is 0.124. The van der Waals surface area contributed by atoms with Crippen molar-refractivity contribution in [2.45, 2.75) is 33.3 Å². The summed E-state index contributed by atoms with van der Waals surface area (Å²) in [5.41, 5.74) is 0. The van der Waals surface area contributed by atoms with Gasteiger partial charge in [0.2, 0.25) is 0 Å². The van der Waals surface area contributed by atoms with Crippen LogP contribution in [0.5, 0.6) is 0 Å². The standard InChI is InChI=1S/C9H18O2/c1-5-6-10-7-9(4)11-8(2)3/h9H,2,5-7H2,1,3-4H3. The Morgan fingerprint density at radius 3 is 2.64 bits per heavy atom. The number of ether oxygens (including phenoxy) is 2. The second kappa shape index (κ2) is 6.62. The van der Waals surface area contributed by atoms with Gasteiger partial charge in [0.25, 0.3) is 0 Å². The molecule has 2 radical (unpaired) electrons. The van der Waals surface area contributed by atoms with Crippen LogP contribution in [0.2, 0.25) is 0 Å². The van der Waals surface area contributed by atoms with Gasteiger partial charge in [-0.3, -0.25) is 0 Å². The van der Waals surface area contributed by atoms with Crippen LogP contribution in [-0.2, 0) is 9.47 Å². The molecule has 0 bridgehead atoms. The van der Waals surface area contributed by atoms with Crippen LogP contribution in [-0.4, -0.2) is 19.3 Å². The van der Waals surface area contributed by atoms with Crippen molar-refractivity contribution in [3.05, 3.63) is 13.0 Å². The van der Waals surface area contributed by atoms with Crippen molar-refractivity contribution < 1.29 is 9.47 Å². The van der Waals surface area contributed by atoms with E-state index < -0.39 is 0 Å². The summed E-state index contributed by atoms with van der Waals surface area (Å²) in [5, 5.41) is 0. The molecule has 0 spiro atoms. The molecule has 1 atom stereocenters. The highest BCUT2D eigenvalue weighted by molar-refractivity contribution is 4.74. The SMILES string of the molecule is [CH2][C](C)OC(C)COCCC. The highest BCUT2D eigenvalue weighted by Crippen LogP contribution is 2.03. The van der Waals surface area contributed by atoms with Gasteiger partial charge in [0.15, 0.2) is 0 Å². The molecule has 11 heavy (non-hydrogen) atoms. The van der Waals surface area contributed by atoms with Gasteiger partial charge in [-0.1, -0.05) is 6.92 Å². The lowest BCUT2D eigenvalue weighted by Crippen LogP contribution is -2.17. The van der Waals surface area contributed by atoms with Crippen LogP contribution in [0.1, 0.15) is 27.2 Å². The maximum absolute atomic E-state index is 5.28. The van der Waals surface area contributed by atoms with Crippen molar-refractivity contribution >= 4 is 0 Å². The molecular weight excluding hydrogens is 140 g/mol. The van der Waals surface area contributed by atoms with Gasteiger partial charge >= 0.3 is 0 Å². The highest BCUT2D eigenvalue weighted by atomic mass is 16.5. The Balaban J connectivity index is 3.15. The summed E-state index contributed by atoms with van der Waals surface area (Å²) in [6.45, 7) is 11.0. The van der Waals surface area contributed by atoms with Crippen LogP contribution >= 0.6 is 0 Å². The van der Waals surface area contributed by atoms with E-state index in [1.54, 1.807) is 0 Å². The predicted molar refractivity (Wildman–Crippen MR) is 45.9 cm³/mol. The third-order valence-electron chi connectivity index (χ3n) is 1.10. The van der Waals surface area contributed by atoms with Gasteiger partial charge in [-0.2, -0.15) is 0 Å². The summed E-state index contributed by atoms with van der Waals surface area (Å²) in [6, 6.07) is 0. The molecule has 0 heterocycles. The maximum atomic E-state index is 5.28. The fourth-order valence-electron chi connectivity index (χ4n) is 0.771. The van der Waals surface area contributed by atoms with Gasteiger partial charge in [-0.25, -0.2) is 0 Å². The molecule has 2 nitrogen and oxygen atoms in total. The smallest absolute Gasteiger partial charge is 0.0946 e. The molecule has 0 amide bonds. The molecule has 0 aliphatic heterocycles. The lowest BCUT2D eigenvalue weighted by Gasteiger charge is -2.14. The van der Waals surface area contributed by atoms with Crippen molar-refractivity contribution in [1.82, 2.24) is 0 Å². The van der Waals surface area contributed by atoms with E-state index in [0.29, 0.717) is 6.61 Å². The summed E-state index contributed by atoms with van der Waals surface area (Å²) in [7, 11) is 0. The summed E-state index contributed by atoms with van der Waals surface area (Å²) in [6.07, 6.45) is 1.93. The molecule has 66 valence electrons. The normalized spacial score (nSPS) is 13.9. The molecule has 0 rings (SSSR count). The van der Waals surface area contributed by atoms with Crippen molar-refractivity contribution in [2.24, 2.45) is 0 Å². The molecule has 0 aliphatic rings. The lowest BCUT2D eigenvalue weighted by molar-refractivity contribution is 0.00897. The van der Waals surface area contributed by atoms with Crippen LogP contribution in [0.3, 0.4) is 0 Å². The van der Waals surface area contributed by atoms with Crippen LogP contribution in [0.25, 0.3) is 0 Å². The van der Waals surface area contributed by atoms with Gasteiger partial charge < -0.3 is 9.47 Å². The molecular formula is C9H18O2. The lowest BCUT2D eigenvalue weighted by atomic mass is 10.4. The van der Waals surface area contributed by atoms with E-state index in [9.17, 15) is 0 Å². The summed E-state index contributed by atoms with van der Waals surface area (Å²) in [4.78, 5) is 0. The molecule has 0 saturated heterocycles. The van der Waals surface area contributed by atoms with E-state index >= 15 is 0 Å². The van der Waals surface area contributed by atoms with Gasteiger partial charge in [-0.05, 0) is 27.2 Å². The van der Waals surface area contributed by atoms with E-state index in [-0.39, 0.29) is 6.10 Å². The van der Waals surface area contributed by atoms with Gasteiger partial charge in [-0.15, -0.1) is 0 Å². The van der Waals surface area contributed by atoms with E-state index in [2.05, 4.69) is 13.8 Å².